The van der Waals surface area contributed by atoms with Crippen molar-refractivity contribution >= 4 is 0 Å². The summed E-state index contributed by atoms with van der Waals surface area (Å²) in [5.41, 5.74) is 0. The minimum absolute atomic E-state index is 0.0846. The highest BCUT2D eigenvalue weighted by Gasteiger charge is 2.06. The molecule has 0 aliphatic rings. The lowest BCUT2D eigenvalue weighted by Gasteiger charge is -2.19. The molecule has 68 valence electrons. The topological polar surface area (TPSA) is 50.7 Å². The maximum absolute atomic E-state index is 8.47. The molecule has 0 aromatic carbocycles. The zero-order chi connectivity index (χ0) is 8.69. The van der Waals surface area contributed by atoms with Gasteiger partial charge < -0.3 is 14.6 Å². The van der Waals surface area contributed by atoms with Crippen LogP contribution in [-0.4, -0.2) is 37.9 Å². The van der Waals surface area contributed by atoms with E-state index in [1.165, 1.54) is 0 Å². The molecule has 0 rings (SSSR count). The molecule has 0 radical (unpaired) electrons. The molecule has 0 aromatic rings. The first-order valence-corrected chi connectivity index (χ1v) is 3.73. The molecular formula is C7H17NO3. The lowest BCUT2D eigenvalue weighted by Crippen LogP contribution is -2.37. The van der Waals surface area contributed by atoms with Gasteiger partial charge >= 0.3 is 0 Å². The summed E-state index contributed by atoms with van der Waals surface area (Å²) >= 11 is 0. The number of rotatable bonds is 6. The molecule has 2 N–H and O–H groups in total. The summed E-state index contributed by atoms with van der Waals surface area (Å²) in [7, 11) is 1.55. The Labute approximate surface area is 67.5 Å². The molecule has 11 heavy (non-hydrogen) atoms. The van der Waals surface area contributed by atoms with E-state index < -0.39 is 6.41 Å². The number of ether oxygens (including phenoxy) is 2. The first kappa shape index (κ1) is 10.8. The average Bonchev–Trinajstić information content (AvgIpc) is 1.97. The van der Waals surface area contributed by atoms with Crippen LogP contribution in [0.1, 0.15) is 13.8 Å². The molecule has 0 aromatic heterocycles. The summed E-state index contributed by atoms with van der Waals surface area (Å²) < 4.78 is 10.2. The smallest absolute Gasteiger partial charge is 0.216 e. The second-order valence-corrected chi connectivity index (χ2v) is 2.43. The summed E-state index contributed by atoms with van der Waals surface area (Å²) in [6, 6.07) is 0. The molecule has 4 nitrogen and oxygen atoms in total. The van der Waals surface area contributed by atoms with Gasteiger partial charge in [-0.25, -0.2) is 0 Å². The van der Waals surface area contributed by atoms with Crippen molar-refractivity contribution in [2.75, 3.05) is 20.3 Å². The second-order valence-electron chi connectivity index (χ2n) is 2.43. The highest BCUT2D eigenvalue weighted by Crippen LogP contribution is 1.94. The molecule has 1 unspecified atom stereocenters. The second kappa shape index (κ2) is 6.54. The summed E-state index contributed by atoms with van der Waals surface area (Å²) in [6.45, 7) is 4.41. The Bertz CT molecular complexity index is 87.8. The third kappa shape index (κ3) is 6.25. The van der Waals surface area contributed by atoms with Crippen LogP contribution >= 0.6 is 0 Å². The molecule has 0 aliphatic heterocycles. The van der Waals surface area contributed by atoms with Crippen LogP contribution in [0.5, 0.6) is 0 Å². The van der Waals surface area contributed by atoms with Gasteiger partial charge in [0.2, 0.25) is 6.41 Å². The fourth-order valence-corrected chi connectivity index (χ4v) is 0.617. The summed E-state index contributed by atoms with van der Waals surface area (Å²) in [5.74, 6) is 0. The minimum atomic E-state index is -0.415. The van der Waals surface area contributed by atoms with Gasteiger partial charge in [-0.3, -0.25) is 5.32 Å². The number of hydrogen-bond acceptors (Lipinski definition) is 4. The van der Waals surface area contributed by atoms with Crippen LogP contribution in [0.3, 0.4) is 0 Å². The Morgan fingerprint density at radius 2 is 2.09 bits per heavy atom. The zero-order valence-electron chi connectivity index (χ0n) is 7.33. The minimum Gasteiger partial charge on any atom is -0.395 e. The van der Waals surface area contributed by atoms with Crippen molar-refractivity contribution in [1.82, 2.24) is 5.32 Å². The Kier molecular flexibility index (Phi) is 6.45. The van der Waals surface area contributed by atoms with E-state index >= 15 is 0 Å². The third-order valence-electron chi connectivity index (χ3n) is 1.03. The standard InChI is InChI=1S/C7H17NO3/c1-6(2)11-7(10-3)8-4-5-9/h6-9H,4-5H2,1-3H3. The van der Waals surface area contributed by atoms with Gasteiger partial charge in [0, 0.05) is 13.7 Å². The van der Waals surface area contributed by atoms with E-state index in [-0.39, 0.29) is 12.7 Å². The largest absolute Gasteiger partial charge is 0.395 e. The molecule has 0 spiro atoms. The SMILES string of the molecule is COC(NCCO)OC(C)C. The molecule has 0 heterocycles. The maximum atomic E-state index is 8.47. The van der Waals surface area contributed by atoms with Gasteiger partial charge in [0.25, 0.3) is 0 Å². The van der Waals surface area contributed by atoms with Crippen LogP contribution < -0.4 is 5.32 Å². The molecule has 0 fully saturated rings. The molecule has 0 saturated carbocycles. The predicted octanol–water partition coefficient (Wildman–Crippen LogP) is -0.0767. The predicted molar refractivity (Wildman–Crippen MR) is 42.1 cm³/mol. The summed E-state index contributed by atoms with van der Waals surface area (Å²) in [5, 5.41) is 11.3. The third-order valence-corrected chi connectivity index (χ3v) is 1.03. The number of methoxy groups -OCH3 is 1. The van der Waals surface area contributed by atoms with E-state index in [1.54, 1.807) is 7.11 Å². The molecule has 1 atom stereocenters. The molecule has 4 heteroatoms. The van der Waals surface area contributed by atoms with Gasteiger partial charge in [0.1, 0.15) is 0 Å². The normalized spacial score (nSPS) is 13.9. The average molecular weight is 163 g/mol. The monoisotopic (exact) mass is 163 g/mol. The van der Waals surface area contributed by atoms with Crippen LogP contribution in [0.25, 0.3) is 0 Å². The van der Waals surface area contributed by atoms with Gasteiger partial charge in [-0.2, -0.15) is 0 Å². The number of aliphatic hydroxyl groups excluding tert-OH is 1. The quantitative estimate of drug-likeness (QED) is 0.538. The molecule has 0 aliphatic carbocycles. The van der Waals surface area contributed by atoms with Gasteiger partial charge in [-0.1, -0.05) is 0 Å². The number of nitrogens with one attached hydrogen (secondary N) is 1. The van der Waals surface area contributed by atoms with Crippen molar-refractivity contribution in [2.24, 2.45) is 0 Å². The Morgan fingerprint density at radius 3 is 2.45 bits per heavy atom. The van der Waals surface area contributed by atoms with Crippen molar-refractivity contribution in [1.29, 1.82) is 0 Å². The highest BCUT2D eigenvalue weighted by atomic mass is 16.7. The van der Waals surface area contributed by atoms with Crippen molar-refractivity contribution < 1.29 is 14.6 Å². The first-order valence-electron chi connectivity index (χ1n) is 3.73. The van der Waals surface area contributed by atoms with Crippen molar-refractivity contribution in [3.63, 3.8) is 0 Å². The van der Waals surface area contributed by atoms with E-state index in [2.05, 4.69) is 5.32 Å². The Hall–Kier alpha value is -0.160. The molecule has 0 amide bonds. The van der Waals surface area contributed by atoms with Crippen LogP contribution in [0, 0.1) is 0 Å². The molecular weight excluding hydrogens is 146 g/mol. The van der Waals surface area contributed by atoms with E-state index in [0.29, 0.717) is 6.54 Å². The Morgan fingerprint density at radius 1 is 1.45 bits per heavy atom. The maximum Gasteiger partial charge on any atom is 0.216 e. The fourth-order valence-electron chi connectivity index (χ4n) is 0.617. The number of hydrogen-bond donors (Lipinski definition) is 2. The van der Waals surface area contributed by atoms with Gasteiger partial charge in [0.15, 0.2) is 0 Å². The van der Waals surface area contributed by atoms with Gasteiger partial charge in [-0.05, 0) is 13.8 Å². The lowest BCUT2D eigenvalue weighted by atomic mass is 10.5. The Balaban J connectivity index is 3.41. The summed E-state index contributed by atoms with van der Waals surface area (Å²) in [4.78, 5) is 0. The molecule has 0 bridgehead atoms. The number of aliphatic hydroxyl groups is 1. The van der Waals surface area contributed by atoms with Gasteiger partial charge in [-0.15, -0.1) is 0 Å². The summed E-state index contributed by atoms with van der Waals surface area (Å²) in [6.07, 6.45) is -0.298. The fraction of sp³-hybridized carbons (Fsp3) is 1.00. The highest BCUT2D eigenvalue weighted by molar-refractivity contribution is 4.44. The van der Waals surface area contributed by atoms with Crippen LogP contribution in [0.4, 0.5) is 0 Å². The van der Waals surface area contributed by atoms with Gasteiger partial charge in [0.05, 0.1) is 12.7 Å². The first-order chi connectivity index (χ1) is 5.20. The van der Waals surface area contributed by atoms with Crippen LogP contribution in [0.15, 0.2) is 0 Å². The van der Waals surface area contributed by atoms with E-state index in [9.17, 15) is 0 Å². The van der Waals surface area contributed by atoms with E-state index in [0.717, 1.165) is 0 Å². The van der Waals surface area contributed by atoms with Crippen LogP contribution in [-0.2, 0) is 9.47 Å². The molecule has 0 saturated heterocycles. The van der Waals surface area contributed by atoms with Crippen molar-refractivity contribution in [3.8, 4) is 0 Å². The zero-order valence-corrected chi connectivity index (χ0v) is 7.33. The van der Waals surface area contributed by atoms with Crippen molar-refractivity contribution in [2.45, 2.75) is 26.4 Å². The van der Waals surface area contributed by atoms with Crippen molar-refractivity contribution in [3.05, 3.63) is 0 Å². The lowest BCUT2D eigenvalue weighted by molar-refractivity contribution is -0.164. The van der Waals surface area contributed by atoms with E-state index in [4.69, 9.17) is 14.6 Å². The van der Waals surface area contributed by atoms with Crippen LogP contribution in [0.2, 0.25) is 0 Å². The van der Waals surface area contributed by atoms with E-state index in [1.807, 2.05) is 13.8 Å².